The van der Waals surface area contributed by atoms with Crippen LogP contribution in [0.1, 0.15) is 18.0 Å². The molecule has 0 radical (unpaired) electrons. The summed E-state index contributed by atoms with van der Waals surface area (Å²) in [4.78, 5) is 0. The second-order valence-electron chi connectivity index (χ2n) is 3.39. The van der Waals surface area contributed by atoms with Crippen molar-refractivity contribution in [3.63, 3.8) is 0 Å². The fraction of sp³-hybridized carbons (Fsp3) is 0.273. The lowest BCUT2D eigenvalue weighted by molar-refractivity contribution is 0.225. The van der Waals surface area contributed by atoms with E-state index in [0.717, 1.165) is 28.8 Å². The average molecular weight is 380 g/mol. The summed E-state index contributed by atoms with van der Waals surface area (Å²) in [7, 11) is 0. The number of benzene rings is 1. The molecule has 2 rings (SSSR count). The number of rotatable bonds is 2. The average Bonchev–Trinajstić information content (AvgIpc) is 2.74. The molecule has 2 N–H and O–H groups in total. The predicted octanol–water partition coefficient (Wildman–Crippen LogP) is 3.36. The van der Waals surface area contributed by atoms with Crippen LogP contribution in [0, 0.1) is 3.57 Å². The highest BCUT2D eigenvalue weighted by atomic mass is 127. The fourth-order valence-corrected chi connectivity index (χ4v) is 2.61. The van der Waals surface area contributed by atoms with E-state index < -0.39 is 0 Å². The van der Waals surface area contributed by atoms with Gasteiger partial charge in [-0.1, -0.05) is 15.9 Å². The van der Waals surface area contributed by atoms with Gasteiger partial charge < -0.3 is 10.5 Å². The van der Waals surface area contributed by atoms with Crippen LogP contribution in [0.5, 0.6) is 0 Å². The standard InChI is InChI=1S/C11H11BrINO/c12-7-3-4-9(13)8(6-7)11(14)10-2-1-5-15-10/h2-4,6,11H,1,5,14H2. The molecule has 0 saturated heterocycles. The minimum atomic E-state index is -0.142. The van der Waals surface area contributed by atoms with Gasteiger partial charge >= 0.3 is 0 Å². The van der Waals surface area contributed by atoms with Gasteiger partial charge in [0.05, 0.1) is 12.6 Å². The summed E-state index contributed by atoms with van der Waals surface area (Å²) in [6.07, 6.45) is 3.04. The molecular weight excluding hydrogens is 369 g/mol. The summed E-state index contributed by atoms with van der Waals surface area (Å²) in [5.74, 6) is 0.894. The SMILES string of the molecule is NC(C1=CCCO1)c1cc(Br)ccc1I. The first-order valence-electron chi connectivity index (χ1n) is 4.72. The number of ether oxygens (including phenoxy) is 1. The Morgan fingerprint density at radius 1 is 1.47 bits per heavy atom. The third-order valence-electron chi connectivity index (χ3n) is 2.33. The van der Waals surface area contributed by atoms with Gasteiger partial charge in [-0.2, -0.15) is 0 Å². The molecule has 1 aromatic rings. The maximum atomic E-state index is 6.15. The summed E-state index contributed by atoms with van der Waals surface area (Å²) in [6.45, 7) is 0.758. The first-order valence-corrected chi connectivity index (χ1v) is 6.59. The second kappa shape index (κ2) is 4.84. The molecule has 1 unspecified atom stereocenters. The molecule has 0 amide bonds. The Kier molecular flexibility index (Phi) is 3.69. The smallest absolute Gasteiger partial charge is 0.113 e. The number of nitrogens with two attached hydrogens (primary N) is 1. The van der Waals surface area contributed by atoms with Crippen LogP contribution < -0.4 is 5.73 Å². The third-order valence-corrected chi connectivity index (χ3v) is 3.81. The van der Waals surface area contributed by atoms with Gasteiger partial charge in [0.15, 0.2) is 0 Å². The van der Waals surface area contributed by atoms with Crippen molar-refractivity contribution in [3.8, 4) is 0 Å². The molecule has 0 aromatic heterocycles. The third kappa shape index (κ3) is 2.54. The van der Waals surface area contributed by atoms with Crippen LogP contribution in [0.3, 0.4) is 0 Å². The highest BCUT2D eigenvalue weighted by molar-refractivity contribution is 14.1. The van der Waals surface area contributed by atoms with Crippen LogP contribution in [0.2, 0.25) is 0 Å². The van der Waals surface area contributed by atoms with Crippen LogP contribution in [0.25, 0.3) is 0 Å². The molecule has 0 spiro atoms. The van der Waals surface area contributed by atoms with Crippen molar-refractivity contribution in [2.45, 2.75) is 12.5 Å². The monoisotopic (exact) mass is 379 g/mol. The minimum absolute atomic E-state index is 0.142. The molecule has 0 aliphatic carbocycles. The topological polar surface area (TPSA) is 35.2 Å². The van der Waals surface area contributed by atoms with E-state index in [1.54, 1.807) is 0 Å². The summed E-state index contributed by atoms with van der Waals surface area (Å²) >= 11 is 5.75. The highest BCUT2D eigenvalue weighted by Gasteiger charge is 2.18. The van der Waals surface area contributed by atoms with Crippen molar-refractivity contribution in [2.75, 3.05) is 6.61 Å². The van der Waals surface area contributed by atoms with Gasteiger partial charge in [-0.3, -0.25) is 0 Å². The fourth-order valence-electron chi connectivity index (χ4n) is 1.56. The van der Waals surface area contributed by atoms with Crippen molar-refractivity contribution in [1.82, 2.24) is 0 Å². The lowest BCUT2D eigenvalue weighted by Gasteiger charge is -2.15. The molecule has 1 atom stereocenters. The summed E-state index contributed by atoms with van der Waals surface area (Å²) in [6, 6.07) is 5.98. The van der Waals surface area contributed by atoms with E-state index in [4.69, 9.17) is 10.5 Å². The first-order chi connectivity index (χ1) is 7.18. The zero-order valence-electron chi connectivity index (χ0n) is 8.04. The van der Waals surface area contributed by atoms with Crippen LogP contribution in [-0.2, 0) is 4.74 Å². The highest BCUT2D eigenvalue weighted by Crippen LogP contribution is 2.29. The van der Waals surface area contributed by atoms with Gasteiger partial charge in [-0.15, -0.1) is 0 Å². The maximum absolute atomic E-state index is 6.15. The van der Waals surface area contributed by atoms with E-state index in [2.05, 4.69) is 56.7 Å². The summed E-state index contributed by atoms with van der Waals surface area (Å²) in [5.41, 5.74) is 7.26. The number of hydrogen-bond acceptors (Lipinski definition) is 2. The Balaban J connectivity index is 2.31. The molecule has 0 fully saturated rings. The molecule has 4 heteroatoms. The van der Waals surface area contributed by atoms with Crippen molar-refractivity contribution >= 4 is 38.5 Å². The first kappa shape index (κ1) is 11.4. The van der Waals surface area contributed by atoms with Crippen LogP contribution in [0.15, 0.2) is 34.5 Å². The Bertz CT molecular complexity index is 406. The molecule has 1 aliphatic rings. The van der Waals surface area contributed by atoms with E-state index in [1.165, 1.54) is 3.57 Å². The quantitative estimate of drug-likeness (QED) is 0.799. The van der Waals surface area contributed by atoms with E-state index >= 15 is 0 Å². The predicted molar refractivity (Wildman–Crippen MR) is 72.4 cm³/mol. The summed E-state index contributed by atoms with van der Waals surface area (Å²) < 4.78 is 7.70. The van der Waals surface area contributed by atoms with Crippen LogP contribution in [-0.4, -0.2) is 6.61 Å². The van der Waals surface area contributed by atoms with Crippen molar-refractivity contribution in [2.24, 2.45) is 5.73 Å². The Morgan fingerprint density at radius 3 is 2.93 bits per heavy atom. The van der Waals surface area contributed by atoms with Gasteiger partial charge in [0.25, 0.3) is 0 Å². The van der Waals surface area contributed by atoms with Gasteiger partial charge in [-0.25, -0.2) is 0 Å². The largest absolute Gasteiger partial charge is 0.496 e. The van der Waals surface area contributed by atoms with E-state index in [-0.39, 0.29) is 6.04 Å². The van der Waals surface area contributed by atoms with E-state index in [9.17, 15) is 0 Å². The minimum Gasteiger partial charge on any atom is -0.496 e. The molecular formula is C11H11BrINO. The molecule has 80 valence electrons. The normalized spacial score (nSPS) is 17.1. The van der Waals surface area contributed by atoms with Crippen LogP contribution >= 0.6 is 38.5 Å². The molecule has 0 saturated carbocycles. The Morgan fingerprint density at radius 2 is 2.27 bits per heavy atom. The molecule has 1 aromatic carbocycles. The van der Waals surface area contributed by atoms with E-state index in [1.807, 2.05) is 6.07 Å². The van der Waals surface area contributed by atoms with Gasteiger partial charge in [-0.05, 0) is 52.4 Å². The molecule has 0 bridgehead atoms. The zero-order chi connectivity index (χ0) is 10.8. The van der Waals surface area contributed by atoms with Gasteiger partial charge in [0, 0.05) is 14.5 Å². The molecule has 15 heavy (non-hydrogen) atoms. The van der Waals surface area contributed by atoms with Gasteiger partial charge in [0.2, 0.25) is 0 Å². The van der Waals surface area contributed by atoms with E-state index in [0.29, 0.717) is 0 Å². The van der Waals surface area contributed by atoms with Crippen molar-refractivity contribution in [1.29, 1.82) is 0 Å². The Labute approximate surface area is 111 Å². The molecule has 1 heterocycles. The molecule has 1 aliphatic heterocycles. The lowest BCUT2D eigenvalue weighted by Crippen LogP contribution is -2.15. The van der Waals surface area contributed by atoms with Crippen molar-refractivity contribution < 1.29 is 4.74 Å². The summed E-state index contributed by atoms with van der Waals surface area (Å²) in [5, 5.41) is 0. The Hall–Kier alpha value is -0.0700. The lowest BCUT2D eigenvalue weighted by atomic mass is 10.1. The van der Waals surface area contributed by atoms with Crippen LogP contribution in [0.4, 0.5) is 0 Å². The van der Waals surface area contributed by atoms with Crippen molar-refractivity contribution in [3.05, 3.63) is 43.6 Å². The zero-order valence-corrected chi connectivity index (χ0v) is 11.8. The maximum Gasteiger partial charge on any atom is 0.113 e. The van der Waals surface area contributed by atoms with Gasteiger partial charge in [0.1, 0.15) is 5.76 Å². The second-order valence-corrected chi connectivity index (χ2v) is 5.47. The number of hydrogen-bond donors (Lipinski definition) is 1. The molecule has 2 nitrogen and oxygen atoms in total. The number of halogens is 2.